The van der Waals surface area contributed by atoms with Gasteiger partial charge in [0.2, 0.25) is 0 Å². The van der Waals surface area contributed by atoms with E-state index in [-0.39, 0.29) is 0 Å². The van der Waals surface area contributed by atoms with Crippen molar-refractivity contribution >= 4 is 28.8 Å². The van der Waals surface area contributed by atoms with Gasteiger partial charge in [-0.15, -0.1) is 0 Å². The smallest absolute Gasteiger partial charge is 0.181 e. The topological polar surface area (TPSA) is 36.7 Å². The highest BCUT2D eigenvalue weighted by molar-refractivity contribution is 7.20. The van der Waals surface area contributed by atoms with Crippen molar-refractivity contribution in [1.82, 2.24) is 4.98 Å². The summed E-state index contributed by atoms with van der Waals surface area (Å²) in [4.78, 5) is 4.69. The molecule has 0 atom stereocenters. The van der Waals surface area contributed by atoms with Crippen LogP contribution in [0.1, 0.15) is 5.56 Å². The van der Waals surface area contributed by atoms with Crippen LogP contribution in [-0.4, -0.2) is 13.1 Å². The SMILES string of the molecule is N#Cc1cccc(-c2ccccn2)c1[Si](c1ccccc1)(c1ccccc1)c1ccccc1. The Kier molecular flexibility index (Phi) is 5.67. The molecule has 0 unspecified atom stereocenters. The van der Waals surface area contributed by atoms with Crippen LogP contribution in [-0.2, 0) is 0 Å². The number of hydrogen-bond donors (Lipinski definition) is 0. The molecule has 1 heterocycles. The molecule has 33 heavy (non-hydrogen) atoms. The zero-order valence-electron chi connectivity index (χ0n) is 18.1. The first-order chi connectivity index (χ1) is 16.4. The van der Waals surface area contributed by atoms with Crippen molar-refractivity contribution in [2.45, 2.75) is 0 Å². The summed E-state index contributed by atoms with van der Waals surface area (Å²) in [6, 6.07) is 46.5. The molecular weight excluding hydrogens is 416 g/mol. The molecule has 0 saturated heterocycles. The van der Waals surface area contributed by atoms with Gasteiger partial charge >= 0.3 is 0 Å². The van der Waals surface area contributed by atoms with E-state index in [2.05, 4.69) is 103 Å². The Hall–Kier alpha value is -4.26. The molecule has 2 nitrogen and oxygen atoms in total. The second-order valence-corrected chi connectivity index (χ2v) is 11.6. The van der Waals surface area contributed by atoms with Crippen LogP contribution in [0, 0.1) is 11.3 Å². The Morgan fingerprint density at radius 3 is 1.52 bits per heavy atom. The van der Waals surface area contributed by atoms with Gasteiger partial charge in [0.15, 0.2) is 8.07 Å². The van der Waals surface area contributed by atoms with E-state index in [1.807, 2.05) is 36.5 Å². The summed E-state index contributed by atoms with van der Waals surface area (Å²) in [6.45, 7) is 0. The summed E-state index contributed by atoms with van der Waals surface area (Å²) in [5.41, 5.74) is 2.59. The molecule has 0 radical (unpaired) electrons. The quantitative estimate of drug-likeness (QED) is 0.307. The van der Waals surface area contributed by atoms with Crippen LogP contribution in [0.5, 0.6) is 0 Å². The lowest BCUT2D eigenvalue weighted by atomic mass is 10.1. The number of benzene rings is 4. The fourth-order valence-electron chi connectivity index (χ4n) is 4.78. The molecule has 0 saturated carbocycles. The Morgan fingerprint density at radius 2 is 1.06 bits per heavy atom. The van der Waals surface area contributed by atoms with Crippen molar-refractivity contribution < 1.29 is 0 Å². The summed E-state index contributed by atoms with van der Waals surface area (Å²) in [5, 5.41) is 15.1. The Morgan fingerprint density at radius 1 is 0.545 bits per heavy atom. The maximum Gasteiger partial charge on any atom is 0.181 e. The van der Waals surface area contributed by atoms with Crippen LogP contribution in [0.25, 0.3) is 11.3 Å². The third kappa shape index (κ3) is 3.57. The number of pyridine rings is 1. The minimum absolute atomic E-state index is 0.696. The predicted molar refractivity (Wildman–Crippen MR) is 138 cm³/mol. The maximum absolute atomic E-state index is 10.3. The Balaban J connectivity index is 2.01. The summed E-state index contributed by atoms with van der Waals surface area (Å²) in [7, 11) is -2.86. The van der Waals surface area contributed by atoms with Gasteiger partial charge in [0, 0.05) is 11.8 Å². The number of hydrogen-bond acceptors (Lipinski definition) is 2. The van der Waals surface area contributed by atoms with Gasteiger partial charge in [0.05, 0.1) is 17.3 Å². The molecule has 0 bridgehead atoms. The molecular formula is C30H22N2Si. The lowest BCUT2D eigenvalue weighted by Crippen LogP contribution is -2.75. The van der Waals surface area contributed by atoms with E-state index in [1.165, 1.54) is 15.6 Å². The van der Waals surface area contributed by atoms with Crippen molar-refractivity contribution in [3.05, 3.63) is 139 Å². The van der Waals surface area contributed by atoms with Crippen LogP contribution in [0.2, 0.25) is 0 Å². The second-order valence-electron chi connectivity index (χ2n) is 7.90. The molecule has 0 amide bonds. The third-order valence-electron chi connectivity index (χ3n) is 6.12. The summed E-state index contributed by atoms with van der Waals surface area (Å²) < 4.78 is 0. The third-order valence-corrected chi connectivity index (χ3v) is 11.0. The van der Waals surface area contributed by atoms with E-state index in [0.717, 1.165) is 16.4 Å². The van der Waals surface area contributed by atoms with E-state index in [4.69, 9.17) is 4.98 Å². The molecule has 156 valence electrons. The van der Waals surface area contributed by atoms with Crippen LogP contribution < -0.4 is 20.7 Å². The largest absolute Gasteiger partial charge is 0.256 e. The minimum atomic E-state index is -2.86. The highest BCUT2D eigenvalue weighted by Crippen LogP contribution is 2.21. The fourth-order valence-corrected chi connectivity index (χ4v) is 9.88. The van der Waals surface area contributed by atoms with Gasteiger partial charge in [-0.2, -0.15) is 5.26 Å². The van der Waals surface area contributed by atoms with Crippen LogP contribution in [0.3, 0.4) is 0 Å². The van der Waals surface area contributed by atoms with Crippen molar-refractivity contribution in [3.63, 3.8) is 0 Å². The number of nitrogens with zero attached hydrogens (tertiary/aromatic N) is 2. The lowest BCUT2D eigenvalue weighted by molar-refractivity contribution is 1.33. The standard InChI is InChI=1S/C30H22N2Si/c31-23-24-13-12-20-28(29-21-10-11-22-32-29)30(24)33(25-14-4-1-5-15-25,26-16-6-2-7-17-26)27-18-8-3-9-19-27/h1-22H. The average molecular weight is 439 g/mol. The van der Waals surface area contributed by atoms with E-state index in [1.54, 1.807) is 0 Å². The normalized spacial score (nSPS) is 11.0. The lowest BCUT2D eigenvalue weighted by Gasteiger charge is -2.36. The van der Waals surface area contributed by atoms with Gasteiger partial charge in [-0.05, 0) is 38.9 Å². The van der Waals surface area contributed by atoms with Crippen molar-refractivity contribution in [2.24, 2.45) is 0 Å². The van der Waals surface area contributed by atoms with Gasteiger partial charge in [-0.3, -0.25) is 4.98 Å². The van der Waals surface area contributed by atoms with Crippen LogP contribution >= 0.6 is 0 Å². The molecule has 1 aromatic heterocycles. The number of rotatable bonds is 5. The zero-order chi connectivity index (χ0) is 22.5. The monoisotopic (exact) mass is 438 g/mol. The molecule has 4 aromatic carbocycles. The van der Waals surface area contributed by atoms with E-state index >= 15 is 0 Å². The van der Waals surface area contributed by atoms with E-state index in [0.29, 0.717) is 5.56 Å². The molecule has 5 aromatic rings. The first kappa shape index (κ1) is 20.6. The van der Waals surface area contributed by atoms with Crippen molar-refractivity contribution in [2.75, 3.05) is 0 Å². The number of aromatic nitrogens is 1. The van der Waals surface area contributed by atoms with Crippen molar-refractivity contribution in [1.29, 1.82) is 5.26 Å². The molecule has 5 rings (SSSR count). The summed E-state index contributed by atoms with van der Waals surface area (Å²) in [5.74, 6) is 0. The molecule has 0 N–H and O–H groups in total. The van der Waals surface area contributed by atoms with Gasteiger partial charge in [0.25, 0.3) is 0 Å². The fraction of sp³-hybridized carbons (Fsp3) is 0. The summed E-state index contributed by atoms with van der Waals surface area (Å²) in [6.07, 6.45) is 1.81. The number of nitriles is 1. The minimum Gasteiger partial charge on any atom is -0.256 e. The molecule has 0 spiro atoms. The molecule has 0 aliphatic heterocycles. The first-order valence-corrected chi connectivity index (χ1v) is 13.0. The maximum atomic E-state index is 10.3. The van der Waals surface area contributed by atoms with Crippen LogP contribution in [0.4, 0.5) is 0 Å². The highest BCUT2D eigenvalue weighted by atomic mass is 28.3. The predicted octanol–water partition coefficient (Wildman–Crippen LogP) is 4.00. The molecule has 0 aliphatic carbocycles. The van der Waals surface area contributed by atoms with Crippen LogP contribution in [0.15, 0.2) is 134 Å². The summed E-state index contributed by atoms with van der Waals surface area (Å²) >= 11 is 0. The molecule has 0 aliphatic rings. The Bertz CT molecular complexity index is 1300. The second kappa shape index (κ2) is 9.08. The molecule has 3 heteroatoms. The zero-order valence-corrected chi connectivity index (χ0v) is 19.1. The highest BCUT2D eigenvalue weighted by Gasteiger charge is 2.44. The van der Waals surface area contributed by atoms with Gasteiger partial charge in [-0.1, -0.05) is 109 Å². The molecule has 0 fully saturated rings. The van der Waals surface area contributed by atoms with Gasteiger partial charge < -0.3 is 0 Å². The van der Waals surface area contributed by atoms with E-state index < -0.39 is 8.07 Å². The van der Waals surface area contributed by atoms with Gasteiger partial charge in [-0.25, -0.2) is 0 Å². The Labute approximate surface area is 195 Å². The van der Waals surface area contributed by atoms with Crippen molar-refractivity contribution in [3.8, 4) is 17.3 Å². The average Bonchev–Trinajstić information content (AvgIpc) is 2.91. The van der Waals surface area contributed by atoms with E-state index in [9.17, 15) is 5.26 Å². The van der Waals surface area contributed by atoms with Gasteiger partial charge in [0.1, 0.15) is 0 Å². The first-order valence-electron chi connectivity index (χ1n) is 11.0.